The smallest absolute Gasteiger partial charge is 0.339 e. The van der Waals surface area contributed by atoms with Crippen molar-refractivity contribution in [3.8, 4) is 0 Å². The van der Waals surface area contributed by atoms with Crippen molar-refractivity contribution in [1.82, 2.24) is 4.31 Å². The fourth-order valence-corrected chi connectivity index (χ4v) is 5.54. The summed E-state index contributed by atoms with van der Waals surface area (Å²) in [6, 6.07) is 11.2. The van der Waals surface area contributed by atoms with Gasteiger partial charge in [0.05, 0.1) is 23.8 Å². The van der Waals surface area contributed by atoms with Gasteiger partial charge in [-0.15, -0.1) is 0 Å². The van der Waals surface area contributed by atoms with E-state index in [2.05, 4.69) is 5.32 Å². The molecule has 31 heavy (non-hydrogen) atoms. The molecule has 2 aliphatic rings. The number of anilines is 1. The normalized spacial score (nSPS) is 21.8. The van der Waals surface area contributed by atoms with Crippen LogP contribution in [0.3, 0.4) is 0 Å². The van der Waals surface area contributed by atoms with Crippen LogP contribution < -0.4 is 5.32 Å². The predicted molar refractivity (Wildman–Crippen MR) is 114 cm³/mol. The van der Waals surface area contributed by atoms with E-state index >= 15 is 0 Å². The number of hydrogen-bond donors (Lipinski definition) is 1. The van der Waals surface area contributed by atoms with E-state index in [-0.39, 0.29) is 35.1 Å². The molecule has 1 atom stereocenters. The lowest BCUT2D eigenvalue weighted by Gasteiger charge is -2.33. The third-order valence-electron chi connectivity index (χ3n) is 5.34. The van der Waals surface area contributed by atoms with Crippen LogP contribution >= 0.6 is 11.6 Å². The highest BCUT2D eigenvalue weighted by Crippen LogP contribution is 2.31. The van der Waals surface area contributed by atoms with Gasteiger partial charge in [-0.2, -0.15) is 4.31 Å². The van der Waals surface area contributed by atoms with Crippen LogP contribution in [0.1, 0.15) is 22.8 Å². The molecule has 8 nitrogen and oxygen atoms in total. The molecular weight excluding hydrogens is 444 g/mol. The molecule has 0 spiro atoms. The quantitative estimate of drug-likeness (QED) is 0.697. The first-order valence-electron chi connectivity index (χ1n) is 9.71. The van der Waals surface area contributed by atoms with Gasteiger partial charge in [0.2, 0.25) is 10.0 Å². The molecule has 1 N–H and O–H groups in total. The van der Waals surface area contributed by atoms with Crippen LogP contribution in [0.5, 0.6) is 0 Å². The fourth-order valence-electron chi connectivity index (χ4n) is 3.63. The van der Waals surface area contributed by atoms with Crippen LogP contribution in [0, 0.1) is 0 Å². The number of hydrogen-bond acceptors (Lipinski definition) is 6. The molecule has 4 rings (SSSR count). The number of esters is 1. The van der Waals surface area contributed by atoms with E-state index in [1.807, 2.05) is 0 Å². The Morgan fingerprint density at radius 3 is 2.61 bits per heavy atom. The Morgan fingerprint density at radius 1 is 1.16 bits per heavy atom. The van der Waals surface area contributed by atoms with E-state index < -0.39 is 27.5 Å². The van der Waals surface area contributed by atoms with E-state index in [9.17, 15) is 18.0 Å². The molecule has 2 heterocycles. The second-order valence-corrected chi connectivity index (χ2v) is 9.88. The molecule has 0 bridgehead atoms. The Kier molecular flexibility index (Phi) is 5.78. The molecule has 2 aliphatic heterocycles. The number of morpholine rings is 1. The summed E-state index contributed by atoms with van der Waals surface area (Å²) in [6.07, 6.45) is 0.202. The number of cyclic esters (lactones) is 1. The number of nitrogens with one attached hydrogen (secondary N) is 1. The minimum absolute atomic E-state index is 0.0497. The summed E-state index contributed by atoms with van der Waals surface area (Å²) in [7, 11) is -3.86. The zero-order chi connectivity index (χ0) is 22.2. The number of benzene rings is 2. The number of carbonyl (C=O) groups excluding carboxylic acids is 2. The van der Waals surface area contributed by atoms with Crippen molar-refractivity contribution in [2.45, 2.75) is 23.8 Å². The molecular formula is C21H21ClN2O6S. The van der Waals surface area contributed by atoms with Crippen molar-refractivity contribution in [3.63, 3.8) is 0 Å². The van der Waals surface area contributed by atoms with Gasteiger partial charge in [0.15, 0.2) is 5.60 Å². The van der Waals surface area contributed by atoms with Crippen LogP contribution in [0.15, 0.2) is 47.4 Å². The van der Waals surface area contributed by atoms with E-state index in [0.29, 0.717) is 24.3 Å². The number of halogens is 1. The molecule has 0 radical (unpaired) electrons. The number of amides is 1. The van der Waals surface area contributed by atoms with Gasteiger partial charge in [0, 0.05) is 25.2 Å². The molecule has 1 amide bonds. The summed E-state index contributed by atoms with van der Waals surface area (Å²) >= 11 is 6.17. The van der Waals surface area contributed by atoms with E-state index in [4.69, 9.17) is 21.1 Å². The number of sulfonamides is 1. The summed E-state index contributed by atoms with van der Waals surface area (Å²) in [4.78, 5) is 25.2. The highest BCUT2D eigenvalue weighted by Gasteiger charge is 2.42. The van der Waals surface area contributed by atoms with Crippen molar-refractivity contribution in [3.05, 3.63) is 58.6 Å². The van der Waals surface area contributed by atoms with Gasteiger partial charge < -0.3 is 14.8 Å². The molecule has 164 valence electrons. The summed E-state index contributed by atoms with van der Waals surface area (Å²) in [6.45, 7) is 2.58. The standard InChI is InChI=1S/C21H21ClN2O6S/c1-21(13-14-4-2-3-5-16(14)19(25)30-21)20(26)23-15-6-7-17(22)18(12-15)31(27,28)24-8-10-29-11-9-24/h2-7,12H,8-11,13H2,1H3,(H,23,26). The van der Waals surface area contributed by atoms with Crippen LogP contribution in [-0.4, -0.2) is 56.5 Å². The van der Waals surface area contributed by atoms with Crippen LogP contribution in [0.4, 0.5) is 5.69 Å². The van der Waals surface area contributed by atoms with Gasteiger partial charge in [-0.3, -0.25) is 4.79 Å². The molecule has 1 fully saturated rings. The van der Waals surface area contributed by atoms with Crippen molar-refractivity contribution in [2.75, 3.05) is 31.6 Å². The predicted octanol–water partition coefficient (Wildman–Crippen LogP) is 2.47. The summed E-state index contributed by atoms with van der Waals surface area (Å²) in [5, 5.41) is 2.71. The summed E-state index contributed by atoms with van der Waals surface area (Å²) < 4.78 is 37.9. The Hall–Kier alpha value is -2.46. The van der Waals surface area contributed by atoms with Crippen molar-refractivity contribution < 1.29 is 27.5 Å². The van der Waals surface area contributed by atoms with E-state index in [1.165, 1.54) is 29.4 Å². The van der Waals surface area contributed by atoms with Gasteiger partial charge in [-0.25, -0.2) is 13.2 Å². The number of carbonyl (C=O) groups is 2. The van der Waals surface area contributed by atoms with Crippen molar-refractivity contribution >= 4 is 39.2 Å². The number of rotatable bonds is 4. The molecule has 0 aliphatic carbocycles. The number of fused-ring (bicyclic) bond motifs is 1. The lowest BCUT2D eigenvalue weighted by molar-refractivity contribution is -0.134. The van der Waals surface area contributed by atoms with Crippen molar-refractivity contribution in [1.29, 1.82) is 0 Å². The van der Waals surface area contributed by atoms with Crippen molar-refractivity contribution in [2.24, 2.45) is 0 Å². The maximum atomic E-state index is 13.0. The van der Waals surface area contributed by atoms with Gasteiger partial charge in [0.25, 0.3) is 5.91 Å². The summed E-state index contributed by atoms with van der Waals surface area (Å²) in [5.41, 5.74) is -0.0625. The monoisotopic (exact) mass is 464 g/mol. The molecule has 1 saturated heterocycles. The minimum Gasteiger partial charge on any atom is -0.445 e. The Bertz CT molecular complexity index is 1150. The zero-order valence-electron chi connectivity index (χ0n) is 16.8. The maximum Gasteiger partial charge on any atom is 0.339 e. The highest BCUT2D eigenvalue weighted by molar-refractivity contribution is 7.89. The molecule has 2 aromatic rings. The zero-order valence-corrected chi connectivity index (χ0v) is 18.3. The van der Waals surface area contributed by atoms with Crippen LogP contribution in [-0.2, 0) is 30.7 Å². The third-order valence-corrected chi connectivity index (χ3v) is 7.72. The van der Waals surface area contributed by atoms with Crippen LogP contribution in [0.2, 0.25) is 5.02 Å². The van der Waals surface area contributed by atoms with Gasteiger partial charge >= 0.3 is 5.97 Å². The first-order chi connectivity index (χ1) is 14.7. The summed E-state index contributed by atoms with van der Waals surface area (Å²) in [5.74, 6) is -1.14. The maximum absolute atomic E-state index is 13.0. The first kappa shape index (κ1) is 21.8. The van der Waals surface area contributed by atoms with Gasteiger partial charge in [-0.1, -0.05) is 29.8 Å². The van der Waals surface area contributed by atoms with E-state index in [0.717, 1.165) is 0 Å². The topological polar surface area (TPSA) is 102 Å². The van der Waals surface area contributed by atoms with Crippen LogP contribution in [0.25, 0.3) is 0 Å². The highest BCUT2D eigenvalue weighted by atomic mass is 35.5. The molecule has 10 heteroatoms. The second kappa shape index (κ2) is 8.23. The molecule has 2 aromatic carbocycles. The Labute approximate surface area is 185 Å². The fraction of sp³-hybridized carbons (Fsp3) is 0.333. The van der Waals surface area contributed by atoms with Gasteiger partial charge in [0.1, 0.15) is 4.90 Å². The lowest BCUT2D eigenvalue weighted by atomic mass is 9.89. The van der Waals surface area contributed by atoms with E-state index in [1.54, 1.807) is 24.3 Å². The average molecular weight is 465 g/mol. The second-order valence-electron chi connectivity index (χ2n) is 7.57. The average Bonchev–Trinajstić information content (AvgIpc) is 2.75. The minimum atomic E-state index is -3.86. The molecule has 0 aromatic heterocycles. The lowest BCUT2D eigenvalue weighted by Crippen LogP contribution is -2.48. The number of ether oxygens (including phenoxy) is 2. The third kappa shape index (κ3) is 4.18. The number of nitrogens with zero attached hydrogens (tertiary/aromatic N) is 1. The largest absolute Gasteiger partial charge is 0.445 e. The molecule has 0 saturated carbocycles. The SMILES string of the molecule is CC1(C(=O)Nc2ccc(Cl)c(S(=O)(=O)N3CCOCC3)c2)Cc2ccccc2C(=O)O1. The Balaban J connectivity index is 1.58. The molecule has 1 unspecified atom stereocenters. The Morgan fingerprint density at radius 2 is 1.87 bits per heavy atom. The first-order valence-corrected chi connectivity index (χ1v) is 11.5. The van der Waals surface area contributed by atoms with Gasteiger partial charge in [-0.05, 0) is 36.8 Å².